The van der Waals surface area contributed by atoms with Gasteiger partial charge < -0.3 is 9.64 Å². The maximum atomic E-state index is 13.0. The predicted octanol–water partition coefficient (Wildman–Crippen LogP) is 2.51. The summed E-state index contributed by atoms with van der Waals surface area (Å²) >= 11 is 0. The number of piperidine rings is 1. The molecule has 0 bridgehead atoms. The first kappa shape index (κ1) is 17.2. The quantitative estimate of drug-likeness (QED) is 0.852. The molecule has 2 aromatic rings. The Morgan fingerprint density at radius 3 is 2.81 bits per heavy atom. The number of nitrogens with zero attached hydrogens (tertiary/aromatic N) is 3. The number of hydrogen-bond donors (Lipinski definition) is 0. The van der Waals surface area contributed by atoms with E-state index in [0.717, 1.165) is 50.3 Å². The van der Waals surface area contributed by atoms with Gasteiger partial charge in [-0.3, -0.25) is 14.7 Å². The third-order valence-corrected chi connectivity index (χ3v) is 5.50. The Morgan fingerprint density at radius 2 is 2.00 bits per heavy atom. The van der Waals surface area contributed by atoms with Gasteiger partial charge in [-0.05, 0) is 42.7 Å². The van der Waals surface area contributed by atoms with Crippen LogP contribution in [0.3, 0.4) is 0 Å². The number of ether oxygens (including phenoxy) is 1. The van der Waals surface area contributed by atoms with E-state index in [4.69, 9.17) is 4.74 Å². The summed E-state index contributed by atoms with van der Waals surface area (Å²) in [4.78, 5) is 21.6. The molecule has 2 fully saturated rings. The van der Waals surface area contributed by atoms with Crippen molar-refractivity contribution in [3.05, 3.63) is 65.5 Å². The molecule has 1 aromatic heterocycles. The van der Waals surface area contributed by atoms with Gasteiger partial charge in [0.15, 0.2) is 0 Å². The predicted molar refractivity (Wildman–Crippen MR) is 99.9 cm³/mol. The number of amides is 1. The van der Waals surface area contributed by atoms with Crippen LogP contribution < -0.4 is 0 Å². The Kier molecular flexibility index (Phi) is 5.00. The van der Waals surface area contributed by atoms with Crippen molar-refractivity contribution in [1.82, 2.24) is 14.8 Å². The SMILES string of the molecule is Cc1ccccc1C(=O)N1CC[C@@H]2OCCN(Cc3ccncc3)[C@H]2C1. The summed E-state index contributed by atoms with van der Waals surface area (Å²) in [5.41, 5.74) is 3.10. The summed E-state index contributed by atoms with van der Waals surface area (Å²) in [7, 11) is 0. The fraction of sp³-hybridized carbons (Fsp3) is 0.429. The number of aromatic nitrogens is 1. The Bertz CT molecular complexity index is 765. The molecule has 2 aliphatic rings. The summed E-state index contributed by atoms with van der Waals surface area (Å²) < 4.78 is 6.02. The molecule has 2 saturated heterocycles. The molecule has 5 heteroatoms. The highest BCUT2D eigenvalue weighted by Gasteiger charge is 2.38. The van der Waals surface area contributed by atoms with E-state index in [1.807, 2.05) is 48.5 Å². The summed E-state index contributed by atoms with van der Waals surface area (Å²) in [6.45, 7) is 6.02. The molecule has 0 aliphatic carbocycles. The molecule has 136 valence electrons. The van der Waals surface area contributed by atoms with Gasteiger partial charge in [-0.1, -0.05) is 18.2 Å². The number of fused-ring (bicyclic) bond motifs is 1. The number of carbonyl (C=O) groups is 1. The molecular weight excluding hydrogens is 326 g/mol. The number of rotatable bonds is 3. The van der Waals surface area contributed by atoms with Crippen LogP contribution in [0.15, 0.2) is 48.8 Å². The molecule has 0 saturated carbocycles. The molecule has 1 aromatic carbocycles. The summed E-state index contributed by atoms with van der Waals surface area (Å²) in [5.74, 6) is 0.135. The zero-order valence-electron chi connectivity index (χ0n) is 15.2. The smallest absolute Gasteiger partial charge is 0.254 e. The van der Waals surface area contributed by atoms with E-state index in [9.17, 15) is 4.79 Å². The minimum Gasteiger partial charge on any atom is -0.375 e. The lowest BCUT2D eigenvalue weighted by Gasteiger charge is -2.47. The van der Waals surface area contributed by atoms with E-state index >= 15 is 0 Å². The number of hydrogen-bond acceptors (Lipinski definition) is 4. The average Bonchev–Trinajstić information content (AvgIpc) is 2.69. The van der Waals surface area contributed by atoms with Gasteiger partial charge in [-0.25, -0.2) is 0 Å². The van der Waals surface area contributed by atoms with Crippen LogP contribution in [0.25, 0.3) is 0 Å². The molecule has 2 aliphatic heterocycles. The van der Waals surface area contributed by atoms with Crippen LogP contribution in [0.4, 0.5) is 0 Å². The van der Waals surface area contributed by atoms with E-state index in [2.05, 4.69) is 22.0 Å². The molecule has 1 amide bonds. The summed E-state index contributed by atoms with van der Waals surface area (Å²) in [6, 6.07) is 12.2. The Hall–Kier alpha value is -2.24. The second-order valence-corrected chi connectivity index (χ2v) is 7.16. The molecular formula is C21H25N3O2. The fourth-order valence-corrected chi connectivity index (χ4v) is 4.03. The lowest BCUT2D eigenvalue weighted by Crippen LogP contribution is -2.60. The monoisotopic (exact) mass is 351 g/mol. The molecule has 5 nitrogen and oxygen atoms in total. The summed E-state index contributed by atoms with van der Waals surface area (Å²) in [6.07, 6.45) is 4.78. The van der Waals surface area contributed by atoms with E-state index in [0.29, 0.717) is 0 Å². The van der Waals surface area contributed by atoms with Gasteiger partial charge in [0.1, 0.15) is 0 Å². The molecule has 3 heterocycles. The van der Waals surface area contributed by atoms with Crippen molar-refractivity contribution in [2.24, 2.45) is 0 Å². The van der Waals surface area contributed by atoms with E-state index in [1.54, 1.807) is 0 Å². The standard InChI is InChI=1S/C21H25N3O2/c1-16-4-2-3-5-18(16)21(25)24-11-8-20-19(15-24)23(12-13-26-20)14-17-6-9-22-10-7-17/h2-7,9-10,19-20H,8,11-15H2,1H3/t19-,20-/m0/s1. The van der Waals surface area contributed by atoms with Gasteiger partial charge in [-0.15, -0.1) is 0 Å². The summed E-state index contributed by atoms with van der Waals surface area (Å²) in [5, 5.41) is 0. The maximum absolute atomic E-state index is 13.0. The van der Waals surface area contributed by atoms with Crippen molar-refractivity contribution >= 4 is 5.91 Å². The Morgan fingerprint density at radius 1 is 1.19 bits per heavy atom. The van der Waals surface area contributed by atoms with Crippen LogP contribution >= 0.6 is 0 Å². The lowest BCUT2D eigenvalue weighted by atomic mass is 9.97. The molecule has 0 radical (unpaired) electrons. The minimum atomic E-state index is 0.135. The van der Waals surface area contributed by atoms with E-state index in [-0.39, 0.29) is 18.1 Å². The van der Waals surface area contributed by atoms with Gasteiger partial charge in [0.25, 0.3) is 5.91 Å². The average molecular weight is 351 g/mol. The minimum absolute atomic E-state index is 0.135. The van der Waals surface area contributed by atoms with Crippen LogP contribution in [0.2, 0.25) is 0 Å². The van der Waals surface area contributed by atoms with Gasteiger partial charge >= 0.3 is 0 Å². The number of morpholine rings is 1. The third-order valence-electron chi connectivity index (χ3n) is 5.50. The topological polar surface area (TPSA) is 45.7 Å². The number of aryl methyl sites for hydroxylation is 1. The Labute approximate surface area is 154 Å². The Balaban J connectivity index is 1.50. The van der Waals surface area contributed by atoms with Gasteiger partial charge in [0, 0.05) is 44.1 Å². The van der Waals surface area contributed by atoms with Crippen LogP contribution in [0.1, 0.15) is 27.9 Å². The van der Waals surface area contributed by atoms with E-state index in [1.165, 1.54) is 5.56 Å². The molecule has 4 rings (SSSR count). The zero-order valence-corrected chi connectivity index (χ0v) is 15.2. The molecule has 2 atom stereocenters. The van der Waals surface area contributed by atoms with Crippen LogP contribution in [0.5, 0.6) is 0 Å². The molecule has 0 spiro atoms. The number of pyridine rings is 1. The van der Waals surface area contributed by atoms with Crippen molar-refractivity contribution in [3.8, 4) is 0 Å². The maximum Gasteiger partial charge on any atom is 0.254 e. The molecule has 26 heavy (non-hydrogen) atoms. The van der Waals surface area contributed by atoms with Crippen LogP contribution in [-0.2, 0) is 11.3 Å². The molecule has 0 N–H and O–H groups in total. The highest BCUT2D eigenvalue weighted by molar-refractivity contribution is 5.95. The fourth-order valence-electron chi connectivity index (χ4n) is 4.03. The van der Waals surface area contributed by atoms with Crippen molar-refractivity contribution in [3.63, 3.8) is 0 Å². The van der Waals surface area contributed by atoms with E-state index < -0.39 is 0 Å². The van der Waals surface area contributed by atoms with Gasteiger partial charge in [-0.2, -0.15) is 0 Å². The van der Waals surface area contributed by atoms with Crippen LogP contribution in [-0.4, -0.2) is 59.1 Å². The lowest BCUT2D eigenvalue weighted by molar-refractivity contribution is -0.101. The number of likely N-dealkylation sites (tertiary alicyclic amines) is 1. The van der Waals surface area contributed by atoms with Crippen molar-refractivity contribution in [2.45, 2.75) is 32.0 Å². The first-order valence-corrected chi connectivity index (χ1v) is 9.32. The zero-order chi connectivity index (χ0) is 17.9. The van der Waals surface area contributed by atoms with Crippen molar-refractivity contribution in [1.29, 1.82) is 0 Å². The van der Waals surface area contributed by atoms with Crippen molar-refractivity contribution < 1.29 is 9.53 Å². The second-order valence-electron chi connectivity index (χ2n) is 7.16. The number of carbonyl (C=O) groups excluding carboxylic acids is 1. The first-order chi connectivity index (χ1) is 12.7. The normalized spacial score (nSPS) is 23.5. The molecule has 0 unspecified atom stereocenters. The second kappa shape index (κ2) is 7.56. The third kappa shape index (κ3) is 3.50. The van der Waals surface area contributed by atoms with Crippen LogP contribution in [0, 0.1) is 6.92 Å². The largest absolute Gasteiger partial charge is 0.375 e. The number of benzene rings is 1. The first-order valence-electron chi connectivity index (χ1n) is 9.32. The highest BCUT2D eigenvalue weighted by Crippen LogP contribution is 2.26. The van der Waals surface area contributed by atoms with Gasteiger partial charge in [0.05, 0.1) is 18.8 Å². The highest BCUT2D eigenvalue weighted by atomic mass is 16.5. The van der Waals surface area contributed by atoms with Crippen molar-refractivity contribution in [2.75, 3.05) is 26.2 Å². The van der Waals surface area contributed by atoms with Gasteiger partial charge in [0.2, 0.25) is 0 Å².